The van der Waals surface area contributed by atoms with Gasteiger partial charge in [0.05, 0.1) is 13.0 Å². The maximum absolute atomic E-state index is 12.6. The summed E-state index contributed by atoms with van der Waals surface area (Å²) in [7, 11) is 0. The molecule has 1 unspecified atom stereocenters. The average molecular weight is 416 g/mol. The van der Waals surface area contributed by atoms with E-state index in [4.69, 9.17) is 9.26 Å². The Morgan fingerprint density at radius 3 is 3.03 bits per heavy atom. The Kier molecular flexibility index (Phi) is 5.16. The van der Waals surface area contributed by atoms with Crippen LogP contribution in [0.4, 0.5) is 0 Å². The van der Waals surface area contributed by atoms with E-state index in [1.807, 2.05) is 60.5 Å². The third-order valence-electron chi connectivity index (χ3n) is 5.66. The molecule has 4 aromatic rings. The number of likely N-dealkylation sites (tertiary alicyclic amines) is 1. The van der Waals surface area contributed by atoms with Crippen LogP contribution < -0.4 is 4.74 Å². The van der Waals surface area contributed by atoms with Crippen LogP contribution in [0.3, 0.4) is 0 Å². The number of carbonyl (C=O) groups excluding carboxylic acids is 1. The zero-order valence-electron chi connectivity index (χ0n) is 17.4. The lowest BCUT2D eigenvalue weighted by Gasteiger charge is -2.16. The molecule has 1 aliphatic rings. The summed E-state index contributed by atoms with van der Waals surface area (Å²) in [5, 5.41) is 5.33. The summed E-state index contributed by atoms with van der Waals surface area (Å²) < 4.78 is 11.1. The third-order valence-corrected chi connectivity index (χ3v) is 5.66. The third kappa shape index (κ3) is 4.03. The summed E-state index contributed by atoms with van der Waals surface area (Å²) in [6, 6.07) is 16.0. The predicted molar refractivity (Wildman–Crippen MR) is 116 cm³/mol. The van der Waals surface area contributed by atoms with E-state index in [1.54, 1.807) is 0 Å². The molecule has 7 nitrogen and oxygen atoms in total. The highest BCUT2D eigenvalue weighted by atomic mass is 16.5. The first-order valence-electron chi connectivity index (χ1n) is 10.6. The second kappa shape index (κ2) is 8.26. The van der Waals surface area contributed by atoms with Crippen LogP contribution in [-0.4, -0.2) is 39.1 Å². The van der Waals surface area contributed by atoms with E-state index in [-0.39, 0.29) is 11.8 Å². The van der Waals surface area contributed by atoms with Crippen molar-refractivity contribution in [2.45, 2.75) is 32.2 Å². The van der Waals surface area contributed by atoms with Crippen LogP contribution in [0.2, 0.25) is 0 Å². The number of carbonyl (C=O) groups is 1. The summed E-state index contributed by atoms with van der Waals surface area (Å²) in [6.45, 7) is 3.71. The van der Waals surface area contributed by atoms with Crippen molar-refractivity contribution in [3.05, 3.63) is 77.6 Å². The normalized spacial score (nSPS) is 16.4. The van der Waals surface area contributed by atoms with Gasteiger partial charge in [0.1, 0.15) is 5.75 Å². The number of rotatable bonds is 7. The molecule has 31 heavy (non-hydrogen) atoms. The maximum atomic E-state index is 12.6. The van der Waals surface area contributed by atoms with Crippen LogP contribution in [-0.2, 0) is 17.8 Å². The van der Waals surface area contributed by atoms with Crippen LogP contribution in [0, 0.1) is 0 Å². The molecule has 1 saturated heterocycles. The van der Waals surface area contributed by atoms with Crippen molar-refractivity contribution in [1.82, 2.24) is 20.0 Å². The highest BCUT2D eigenvalue weighted by Gasteiger charge is 2.33. The van der Waals surface area contributed by atoms with E-state index in [2.05, 4.69) is 21.2 Å². The van der Waals surface area contributed by atoms with E-state index in [1.165, 1.54) is 0 Å². The largest absolute Gasteiger partial charge is 0.494 e. The smallest absolute Gasteiger partial charge is 0.231 e. The number of aromatic nitrogens is 3. The van der Waals surface area contributed by atoms with Crippen LogP contribution in [0.5, 0.6) is 5.75 Å². The molecule has 2 aromatic heterocycles. The predicted octanol–water partition coefficient (Wildman–Crippen LogP) is 4.06. The summed E-state index contributed by atoms with van der Waals surface area (Å²) in [5.41, 5.74) is 3.25. The first-order chi connectivity index (χ1) is 15.2. The molecule has 0 spiro atoms. The topological polar surface area (TPSA) is 84.2 Å². The minimum absolute atomic E-state index is 0.0527. The van der Waals surface area contributed by atoms with Gasteiger partial charge in [0, 0.05) is 42.5 Å². The molecule has 1 aliphatic heterocycles. The van der Waals surface area contributed by atoms with Gasteiger partial charge >= 0.3 is 0 Å². The van der Waals surface area contributed by atoms with Crippen molar-refractivity contribution in [3.8, 4) is 5.75 Å². The van der Waals surface area contributed by atoms with E-state index in [0.717, 1.165) is 27.8 Å². The minimum atomic E-state index is -0.0527. The number of aromatic amines is 1. The Morgan fingerprint density at radius 2 is 2.13 bits per heavy atom. The molecule has 1 atom stereocenters. The van der Waals surface area contributed by atoms with Crippen molar-refractivity contribution in [1.29, 1.82) is 0 Å². The van der Waals surface area contributed by atoms with Crippen LogP contribution in [0.25, 0.3) is 10.9 Å². The fraction of sp³-hybridized carbons (Fsp3) is 0.292. The fourth-order valence-corrected chi connectivity index (χ4v) is 4.17. The Balaban J connectivity index is 1.26. The molecule has 1 fully saturated rings. The Morgan fingerprint density at radius 1 is 1.23 bits per heavy atom. The Hall–Kier alpha value is -3.61. The molecule has 0 aliphatic carbocycles. The van der Waals surface area contributed by atoms with Gasteiger partial charge in [-0.15, -0.1) is 0 Å². The molecule has 1 amide bonds. The van der Waals surface area contributed by atoms with Gasteiger partial charge < -0.3 is 19.1 Å². The van der Waals surface area contributed by atoms with Gasteiger partial charge in [0.25, 0.3) is 0 Å². The lowest BCUT2D eigenvalue weighted by Crippen LogP contribution is -2.24. The molecular formula is C24H24N4O3. The highest BCUT2D eigenvalue weighted by Crippen LogP contribution is 2.29. The second-order valence-electron chi connectivity index (χ2n) is 7.84. The van der Waals surface area contributed by atoms with Gasteiger partial charge in [-0.3, -0.25) is 4.79 Å². The monoisotopic (exact) mass is 416 g/mol. The summed E-state index contributed by atoms with van der Waals surface area (Å²) in [4.78, 5) is 22.3. The van der Waals surface area contributed by atoms with Gasteiger partial charge in [-0.2, -0.15) is 4.98 Å². The zero-order valence-corrected chi connectivity index (χ0v) is 17.4. The number of para-hydroxylation sites is 1. The van der Waals surface area contributed by atoms with Crippen molar-refractivity contribution in [2.75, 3.05) is 13.2 Å². The highest BCUT2D eigenvalue weighted by molar-refractivity contribution is 5.83. The van der Waals surface area contributed by atoms with Crippen LogP contribution in [0.1, 0.15) is 42.1 Å². The van der Waals surface area contributed by atoms with E-state index < -0.39 is 0 Å². The quantitative estimate of drug-likeness (QED) is 0.491. The molecule has 7 heteroatoms. The molecule has 158 valence electrons. The molecule has 5 rings (SSSR count). The van der Waals surface area contributed by atoms with Gasteiger partial charge in [-0.25, -0.2) is 0 Å². The molecule has 2 aromatic carbocycles. The number of ether oxygens (including phenoxy) is 1. The second-order valence-corrected chi connectivity index (χ2v) is 7.84. The van der Waals surface area contributed by atoms with Crippen LogP contribution >= 0.6 is 0 Å². The number of hydrogen-bond acceptors (Lipinski definition) is 5. The molecule has 0 radical (unpaired) electrons. The number of nitrogens with zero attached hydrogens (tertiary/aromatic N) is 3. The van der Waals surface area contributed by atoms with Crippen molar-refractivity contribution >= 4 is 16.8 Å². The Labute approximate surface area is 180 Å². The SMILES string of the molecule is CCOc1cccc(CN2CC(c3noc(Cc4c[nH]c5ccccc45)n3)CC2=O)c1. The average Bonchev–Trinajstić information content (AvgIpc) is 3.49. The summed E-state index contributed by atoms with van der Waals surface area (Å²) >= 11 is 0. The van der Waals surface area contributed by atoms with Crippen molar-refractivity contribution in [3.63, 3.8) is 0 Å². The molecule has 3 heterocycles. The number of amides is 1. The van der Waals surface area contributed by atoms with Gasteiger partial charge in [0.15, 0.2) is 5.82 Å². The number of benzene rings is 2. The lowest BCUT2D eigenvalue weighted by molar-refractivity contribution is -0.128. The first kappa shape index (κ1) is 19.4. The van der Waals surface area contributed by atoms with E-state index in [9.17, 15) is 4.79 Å². The molecule has 0 saturated carbocycles. The summed E-state index contributed by atoms with van der Waals surface area (Å²) in [5.74, 6) is 2.05. The maximum Gasteiger partial charge on any atom is 0.231 e. The minimum Gasteiger partial charge on any atom is -0.494 e. The zero-order chi connectivity index (χ0) is 21.2. The van der Waals surface area contributed by atoms with Gasteiger partial charge in [0.2, 0.25) is 11.8 Å². The molecular weight excluding hydrogens is 392 g/mol. The van der Waals surface area contributed by atoms with Crippen molar-refractivity contribution < 1.29 is 14.1 Å². The molecule has 1 N–H and O–H groups in total. The number of nitrogens with one attached hydrogen (secondary N) is 1. The van der Waals surface area contributed by atoms with Gasteiger partial charge in [-0.05, 0) is 36.2 Å². The van der Waals surface area contributed by atoms with Gasteiger partial charge in [-0.1, -0.05) is 35.5 Å². The Bertz CT molecular complexity index is 1210. The fourth-order valence-electron chi connectivity index (χ4n) is 4.17. The lowest BCUT2D eigenvalue weighted by atomic mass is 10.1. The van der Waals surface area contributed by atoms with Crippen molar-refractivity contribution in [2.24, 2.45) is 0 Å². The standard InChI is InChI=1S/C24H24N4O3/c1-2-30-19-7-5-6-16(10-19)14-28-15-18(12-23(28)29)24-26-22(31-27-24)11-17-13-25-21-9-4-3-8-20(17)21/h3-10,13,18,25H,2,11-12,14-15H2,1H3. The number of hydrogen-bond donors (Lipinski definition) is 1. The number of H-pyrrole nitrogens is 1. The van der Waals surface area contributed by atoms with E-state index in [0.29, 0.717) is 44.3 Å². The first-order valence-corrected chi connectivity index (χ1v) is 10.6. The number of fused-ring (bicyclic) bond motifs is 1. The summed E-state index contributed by atoms with van der Waals surface area (Å²) in [6.07, 6.45) is 2.94. The van der Waals surface area contributed by atoms with Crippen LogP contribution in [0.15, 0.2) is 59.3 Å². The van der Waals surface area contributed by atoms with E-state index >= 15 is 0 Å². The molecule has 0 bridgehead atoms.